The van der Waals surface area contributed by atoms with Crippen molar-refractivity contribution < 1.29 is 10.2 Å². The molecule has 0 saturated carbocycles. The number of thioether (sulfide) groups is 1. The molecule has 0 aliphatic carbocycles. The molecule has 1 aliphatic rings. The lowest BCUT2D eigenvalue weighted by Crippen LogP contribution is -2.04. The van der Waals surface area contributed by atoms with Gasteiger partial charge in [-0.3, -0.25) is 0 Å². The van der Waals surface area contributed by atoms with Gasteiger partial charge >= 0.3 is 0 Å². The molecular weight excluding hydrogens is 124 g/mol. The van der Waals surface area contributed by atoms with Crippen LogP contribution in [0.25, 0.3) is 0 Å². The summed E-state index contributed by atoms with van der Waals surface area (Å²) in [4.78, 5) is 0. The fourth-order valence-electron chi connectivity index (χ4n) is 0.410. The van der Waals surface area contributed by atoms with Crippen LogP contribution in [0.15, 0.2) is 23.3 Å². The average molecular weight is 130 g/mol. The summed E-state index contributed by atoms with van der Waals surface area (Å²) in [6.45, 7) is 0. The van der Waals surface area contributed by atoms with E-state index in [2.05, 4.69) is 0 Å². The first-order valence-electron chi connectivity index (χ1n) is 2.20. The average Bonchev–Trinajstić information content (AvgIpc) is 1.77. The molecule has 0 aromatic rings. The fourth-order valence-corrected chi connectivity index (χ4v) is 0.946. The zero-order valence-electron chi connectivity index (χ0n) is 4.11. The topological polar surface area (TPSA) is 40.5 Å². The molecule has 1 heterocycles. The van der Waals surface area contributed by atoms with Gasteiger partial charge in [0.25, 0.3) is 0 Å². The Kier molecular flexibility index (Phi) is 1.60. The van der Waals surface area contributed by atoms with Crippen molar-refractivity contribution in [2.24, 2.45) is 0 Å². The van der Waals surface area contributed by atoms with Crippen molar-refractivity contribution in [2.45, 2.75) is 5.44 Å². The Bertz CT molecular complexity index is 139. The molecule has 2 nitrogen and oxygen atoms in total. The Balaban J connectivity index is 2.66. The third-order valence-electron chi connectivity index (χ3n) is 0.806. The summed E-state index contributed by atoms with van der Waals surface area (Å²) in [6.07, 6.45) is 3.16. The molecule has 1 atom stereocenters. The van der Waals surface area contributed by atoms with Crippen LogP contribution in [0.1, 0.15) is 0 Å². The maximum absolute atomic E-state index is 8.77. The van der Waals surface area contributed by atoms with E-state index in [0.717, 1.165) is 0 Å². The van der Waals surface area contributed by atoms with Crippen LogP contribution in [0.2, 0.25) is 0 Å². The zero-order valence-corrected chi connectivity index (χ0v) is 4.93. The van der Waals surface area contributed by atoms with Gasteiger partial charge in [0, 0.05) is 0 Å². The van der Waals surface area contributed by atoms with Crippen molar-refractivity contribution in [3.05, 3.63) is 23.3 Å². The minimum Gasteiger partial charge on any atom is -0.509 e. The minimum atomic E-state index is -0.750. The van der Waals surface area contributed by atoms with E-state index in [1.165, 1.54) is 17.8 Å². The first-order chi connectivity index (χ1) is 3.80. The third-order valence-corrected chi connectivity index (χ3v) is 1.62. The van der Waals surface area contributed by atoms with Crippen molar-refractivity contribution in [3.63, 3.8) is 0 Å². The highest BCUT2D eigenvalue weighted by Gasteiger charge is 2.08. The minimum absolute atomic E-state index is 0.0255. The lowest BCUT2D eigenvalue weighted by Gasteiger charge is -2.07. The van der Waals surface area contributed by atoms with Crippen LogP contribution in [0, 0.1) is 0 Å². The van der Waals surface area contributed by atoms with Gasteiger partial charge in [-0.1, -0.05) is 17.8 Å². The van der Waals surface area contributed by atoms with E-state index in [1.807, 2.05) is 0 Å². The number of aliphatic hydroxyl groups excluding tert-OH is 2. The molecule has 0 saturated heterocycles. The molecule has 1 rings (SSSR count). The summed E-state index contributed by atoms with van der Waals surface area (Å²) in [5, 5.41) is 19.2. The lowest BCUT2D eigenvalue weighted by atomic mass is 10.4. The first-order valence-corrected chi connectivity index (χ1v) is 3.14. The zero-order chi connectivity index (χ0) is 5.98. The molecule has 1 unspecified atom stereocenters. The Hall–Kier alpha value is -0.410. The molecule has 8 heavy (non-hydrogen) atoms. The highest BCUT2D eigenvalue weighted by molar-refractivity contribution is 8.02. The van der Waals surface area contributed by atoms with Gasteiger partial charge in [0.1, 0.15) is 5.76 Å². The summed E-state index contributed by atoms with van der Waals surface area (Å²) < 4.78 is 0. The van der Waals surface area contributed by atoms with Crippen LogP contribution < -0.4 is 0 Å². The van der Waals surface area contributed by atoms with Gasteiger partial charge in [-0.2, -0.15) is 0 Å². The largest absolute Gasteiger partial charge is 0.509 e. The Labute approximate surface area is 51.5 Å². The third kappa shape index (κ3) is 1.05. The summed E-state index contributed by atoms with van der Waals surface area (Å²) in [5.41, 5.74) is -0.750. The van der Waals surface area contributed by atoms with E-state index in [0.29, 0.717) is 0 Å². The van der Waals surface area contributed by atoms with Gasteiger partial charge in [-0.25, -0.2) is 0 Å². The van der Waals surface area contributed by atoms with E-state index in [-0.39, 0.29) is 5.76 Å². The molecule has 0 spiro atoms. The van der Waals surface area contributed by atoms with Gasteiger partial charge in [0.2, 0.25) is 0 Å². The van der Waals surface area contributed by atoms with Crippen LogP contribution in [-0.2, 0) is 0 Å². The monoisotopic (exact) mass is 130 g/mol. The Morgan fingerprint density at radius 2 is 2.38 bits per heavy atom. The van der Waals surface area contributed by atoms with Gasteiger partial charge in [0.15, 0.2) is 5.44 Å². The van der Waals surface area contributed by atoms with Crippen molar-refractivity contribution in [3.8, 4) is 0 Å². The lowest BCUT2D eigenvalue weighted by molar-refractivity contribution is 0.225. The quantitative estimate of drug-likeness (QED) is 0.514. The number of hydrogen-bond acceptors (Lipinski definition) is 3. The Morgan fingerprint density at radius 1 is 1.62 bits per heavy atom. The number of rotatable bonds is 0. The first kappa shape index (κ1) is 5.72. The molecule has 0 bridgehead atoms. The molecule has 0 amide bonds. The van der Waals surface area contributed by atoms with Gasteiger partial charge < -0.3 is 10.2 Å². The number of allylic oxidation sites excluding steroid dienone is 2. The van der Waals surface area contributed by atoms with E-state index in [1.54, 1.807) is 11.5 Å². The second-order valence-electron chi connectivity index (χ2n) is 1.41. The second-order valence-corrected chi connectivity index (χ2v) is 2.40. The fraction of sp³-hybridized carbons (Fsp3) is 0.200. The van der Waals surface area contributed by atoms with Crippen LogP contribution in [0.3, 0.4) is 0 Å². The molecule has 0 aromatic heterocycles. The summed E-state index contributed by atoms with van der Waals surface area (Å²) in [6, 6.07) is 0. The van der Waals surface area contributed by atoms with Crippen LogP contribution in [0.4, 0.5) is 0 Å². The smallest absolute Gasteiger partial charge is 0.160 e. The normalized spacial score (nSPS) is 27.6. The van der Waals surface area contributed by atoms with E-state index in [4.69, 9.17) is 10.2 Å². The number of aliphatic hydroxyl groups is 2. The van der Waals surface area contributed by atoms with Crippen molar-refractivity contribution in [1.29, 1.82) is 0 Å². The molecular formula is C5H6O2S. The maximum atomic E-state index is 8.77. The molecule has 44 valence electrons. The predicted molar refractivity (Wildman–Crippen MR) is 33.4 cm³/mol. The summed E-state index contributed by atoms with van der Waals surface area (Å²) in [7, 11) is 0. The van der Waals surface area contributed by atoms with Crippen molar-refractivity contribution >= 4 is 11.8 Å². The molecule has 0 radical (unpaired) electrons. The molecule has 3 heteroatoms. The molecule has 2 N–H and O–H groups in total. The molecule has 0 aromatic carbocycles. The molecule has 0 fully saturated rings. The Morgan fingerprint density at radius 3 is 2.75 bits per heavy atom. The maximum Gasteiger partial charge on any atom is 0.160 e. The standard InChI is InChI=1S/C5H6O2S/c6-4-2-1-3-8-5(4)7/h1-3,5-7H. The predicted octanol–water partition coefficient (Wildman–Crippen LogP) is 1.01. The van der Waals surface area contributed by atoms with Crippen molar-refractivity contribution in [1.82, 2.24) is 0 Å². The van der Waals surface area contributed by atoms with Gasteiger partial charge in [0.05, 0.1) is 0 Å². The SMILES string of the molecule is OC1=CC=CSC1O. The van der Waals surface area contributed by atoms with Crippen molar-refractivity contribution in [2.75, 3.05) is 0 Å². The van der Waals surface area contributed by atoms with E-state index >= 15 is 0 Å². The summed E-state index contributed by atoms with van der Waals surface area (Å²) in [5.74, 6) is 0.0255. The van der Waals surface area contributed by atoms with Gasteiger partial charge in [-0.15, -0.1) is 0 Å². The van der Waals surface area contributed by atoms with Crippen LogP contribution in [-0.4, -0.2) is 15.6 Å². The van der Waals surface area contributed by atoms with E-state index in [9.17, 15) is 0 Å². The highest BCUT2D eigenvalue weighted by atomic mass is 32.2. The van der Waals surface area contributed by atoms with E-state index < -0.39 is 5.44 Å². The van der Waals surface area contributed by atoms with Gasteiger partial charge in [-0.05, 0) is 11.5 Å². The number of hydrogen-bond donors (Lipinski definition) is 2. The van der Waals surface area contributed by atoms with Crippen LogP contribution >= 0.6 is 11.8 Å². The molecule has 1 aliphatic heterocycles. The van der Waals surface area contributed by atoms with Crippen LogP contribution in [0.5, 0.6) is 0 Å². The summed E-state index contributed by atoms with van der Waals surface area (Å²) >= 11 is 1.18. The highest BCUT2D eigenvalue weighted by Crippen LogP contribution is 2.19. The second kappa shape index (κ2) is 2.24.